The number of ether oxygens (including phenoxy) is 1. The summed E-state index contributed by atoms with van der Waals surface area (Å²) in [5.41, 5.74) is 0. The molecule has 0 rings (SSSR count). The quantitative estimate of drug-likeness (QED) is 0.636. The summed E-state index contributed by atoms with van der Waals surface area (Å²) in [6.07, 6.45) is 0. The molecule has 0 bridgehead atoms. The van der Waals surface area contributed by atoms with Crippen molar-refractivity contribution < 1.29 is 8.95 Å². The molecule has 0 aromatic rings. The van der Waals surface area contributed by atoms with Gasteiger partial charge in [-0.2, -0.15) is 0 Å². The minimum atomic E-state index is -1.18. The van der Waals surface area contributed by atoms with Crippen LogP contribution < -0.4 is 5.14 Å². The van der Waals surface area contributed by atoms with Gasteiger partial charge >= 0.3 is 0 Å². The molecular weight excluding hydrogens is 150 g/mol. The second kappa shape index (κ2) is 5.82. The van der Waals surface area contributed by atoms with Gasteiger partial charge in [0.25, 0.3) is 0 Å². The van der Waals surface area contributed by atoms with Crippen molar-refractivity contribution in [1.29, 1.82) is 0 Å². The summed E-state index contributed by atoms with van der Waals surface area (Å²) in [5.74, 6) is 0.825. The second-order valence-corrected chi connectivity index (χ2v) is 3.41. The van der Waals surface area contributed by atoms with Crippen LogP contribution in [0.25, 0.3) is 0 Å². The zero-order valence-electron chi connectivity index (χ0n) is 6.50. The van der Waals surface area contributed by atoms with Crippen LogP contribution >= 0.6 is 0 Å². The van der Waals surface area contributed by atoms with Crippen molar-refractivity contribution in [2.75, 3.05) is 19.0 Å². The van der Waals surface area contributed by atoms with Gasteiger partial charge in [0, 0.05) is 12.4 Å². The number of rotatable bonds is 5. The summed E-state index contributed by atoms with van der Waals surface area (Å²) in [6.45, 7) is 5.27. The third kappa shape index (κ3) is 6.19. The first-order chi connectivity index (χ1) is 4.66. The third-order valence-corrected chi connectivity index (χ3v) is 1.95. The van der Waals surface area contributed by atoms with E-state index in [1.54, 1.807) is 0 Å². The van der Waals surface area contributed by atoms with Crippen LogP contribution in [0.4, 0.5) is 0 Å². The zero-order valence-corrected chi connectivity index (χ0v) is 7.32. The number of hydrogen-bond donors (Lipinski definition) is 1. The molecule has 0 aliphatic heterocycles. The molecule has 0 aromatic heterocycles. The molecule has 0 aliphatic rings. The van der Waals surface area contributed by atoms with Crippen LogP contribution in [0.5, 0.6) is 0 Å². The average molecular weight is 165 g/mol. The highest BCUT2D eigenvalue weighted by atomic mass is 32.2. The van der Waals surface area contributed by atoms with Gasteiger partial charge in [0.1, 0.15) is 0 Å². The van der Waals surface area contributed by atoms with Crippen molar-refractivity contribution in [2.45, 2.75) is 13.8 Å². The molecule has 62 valence electrons. The van der Waals surface area contributed by atoms with Crippen LogP contribution in [0.2, 0.25) is 0 Å². The van der Waals surface area contributed by atoms with Crippen molar-refractivity contribution in [3.63, 3.8) is 0 Å². The zero-order chi connectivity index (χ0) is 7.98. The van der Waals surface area contributed by atoms with Crippen LogP contribution in [0.1, 0.15) is 13.8 Å². The Kier molecular flexibility index (Phi) is 5.87. The molecule has 0 aliphatic carbocycles. The Balaban J connectivity index is 3.25. The highest BCUT2D eigenvalue weighted by molar-refractivity contribution is 7.82. The summed E-state index contributed by atoms with van der Waals surface area (Å²) in [7, 11) is -1.18. The van der Waals surface area contributed by atoms with Gasteiger partial charge in [0.15, 0.2) is 0 Å². The molecule has 2 unspecified atom stereocenters. The molecular formula is C6H15NO2S. The Hall–Kier alpha value is 0.0700. The summed E-state index contributed by atoms with van der Waals surface area (Å²) >= 11 is 0. The molecule has 10 heavy (non-hydrogen) atoms. The molecule has 0 fully saturated rings. The van der Waals surface area contributed by atoms with Gasteiger partial charge in [-0.1, -0.05) is 6.92 Å². The van der Waals surface area contributed by atoms with E-state index in [2.05, 4.69) is 0 Å². The first-order valence-electron chi connectivity index (χ1n) is 3.37. The number of hydrogen-bond acceptors (Lipinski definition) is 2. The summed E-state index contributed by atoms with van der Waals surface area (Å²) < 4.78 is 15.6. The molecule has 3 nitrogen and oxygen atoms in total. The van der Waals surface area contributed by atoms with Crippen molar-refractivity contribution in [1.82, 2.24) is 0 Å². The standard InChI is InChI=1S/C6H15NO2S/c1-3-9-4-6(2)5-10(7)8/h6H,3-5,7H2,1-2H3. The van der Waals surface area contributed by atoms with E-state index >= 15 is 0 Å². The SMILES string of the molecule is CCOCC(C)CS(N)=O. The first-order valence-corrected chi connectivity index (χ1v) is 4.75. The van der Waals surface area contributed by atoms with E-state index in [-0.39, 0.29) is 0 Å². The van der Waals surface area contributed by atoms with E-state index in [1.807, 2.05) is 13.8 Å². The molecule has 4 heteroatoms. The summed E-state index contributed by atoms with van der Waals surface area (Å²) in [5, 5.41) is 5.08. The van der Waals surface area contributed by atoms with Crippen molar-refractivity contribution in [3.05, 3.63) is 0 Å². The average Bonchev–Trinajstić information content (AvgIpc) is 1.82. The Morgan fingerprint density at radius 2 is 2.30 bits per heavy atom. The predicted molar refractivity (Wildman–Crippen MR) is 42.9 cm³/mol. The van der Waals surface area contributed by atoms with Gasteiger partial charge in [-0.3, -0.25) is 5.14 Å². The van der Waals surface area contributed by atoms with E-state index in [9.17, 15) is 4.21 Å². The minimum Gasteiger partial charge on any atom is -0.381 e. The maximum Gasteiger partial charge on any atom is 0.0891 e. The van der Waals surface area contributed by atoms with E-state index in [4.69, 9.17) is 9.88 Å². The molecule has 0 aromatic carbocycles. The van der Waals surface area contributed by atoms with E-state index in [0.29, 0.717) is 24.9 Å². The minimum absolute atomic E-state index is 0.297. The molecule has 0 spiro atoms. The smallest absolute Gasteiger partial charge is 0.0891 e. The normalized spacial score (nSPS) is 16.7. The van der Waals surface area contributed by atoms with Crippen LogP contribution in [0.3, 0.4) is 0 Å². The van der Waals surface area contributed by atoms with Crippen molar-refractivity contribution >= 4 is 11.0 Å². The fourth-order valence-electron chi connectivity index (χ4n) is 0.648. The molecule has 0 saturated carbocycles. The van der Waals surface area contributed by atoms with Crippen LogP contribution in [-0.4, -0.2) is 23.2 Å². The Bertz CT molecular complexity index is 108. The van der Waals surface area contributed by atoms with Gasteiger partial charge < -0.3 is 4.74 Å². The maximum absolute atomic E-state index is 10.5. The highest BCUT2D eigenvalue weighted by Gasteiger charge is 2.03. The van der Waals surface area contributed by atoms with Crippen LogP contribution in [-0.2, 0) is 15.7 Å². The molecule has 0 saturated heterocycles. The number of nitrogens with two attached hydrogens (primary N) is 1. The monoisotopic (exact) mass is 165 g/mol. The maximum atomic E-state index is 10.5. The topological polar surface area (TPSA) is 52.3 Å². The fourth-order valence-corrected chi connectivity index (χ4v) is 1.30. The lowest BCUT2D eigenvalue weighted by molar-refractivity contribution is 0.123. The Morgan fingerprint density at radius 3 is 2.70 bits per heavy atom. The summed E-state index contributed by atoms with van der Waals surface area (Å²) in [4.78, 5) is 0. The van der Waals surface area contributed by atoms with Crippen molar-refractivity contribution in [3.8, 4) is 0 Å². The molecule has 2 atom stereocenters. The largest absolute Gasteiger partial charge is 0.381 e. The Morgan fingerprint density at radius 1 is 1.70 bits per heavy atom. The van der Waals surface area contributed by atoms with Crippen LogP contribution in [0, 0.1) is 5.92 Å². The fraction of sp³-hybridized carbons (Fsp3) is 1.00. The first kappa shape index (κ1) is 10.1. The third-order valence-electron chi connectivity index (χ3n) is 1.06. The van der Waals surface area contributed by atoms with Gasteiger partial charge in [0.05, 0.1) is 17.6 Å². The Labute approximate surface area is 64.5 Å². The van der Waals surface area contributed by atoms with E-state index < -0.39 is 11.0 Å². The molecule has 0 heterocycles. The summed E-state index contributed by atoms with van der Waals surface area (Å²) in [6, 6.07) is 0. The lowest BCUT2D eigenvalue weighted by Gasteiger charge is -2.07. The highest BCUT2D eigenvalue weighted by Crippen LogP contribution is 1.95. The van der Waals surface area contributed by atoms with Gasteiger partial charge in [-0.15, -0.1) is 0 Å². The predicted octanol–water partition coefficient (Wildman–Crippen LogP) is 0.281. The van der Waals surface area contributed by atoms with Gasteiger partial charge in [0.2, 0.25) is 0 Å². The van der Waals surface area contributed by atoms with Gasteiger partial charge in [-0.25, -0.2) is 4.21 Å². The van der Waals surface area contributed by atoms with E-state index in [1.165, 1.54) is 0 Å². The van der Waals surface area contributed by atoms with E-state index in [0.717, 1.165) is 0 Å². The van der Waals surface area contributed by atoms with Crippen molar-refractivity contribution in [2.24, 2.45) is 11.1 Å². The lowest BCUT2D eigenvalue weighted by Crippen LogP contribution is -2.18. The second-order valence-electron chi connectivity index (χ2n) is 2.31. The molecule has 0 radical (unpaired) electrons. The lowest BCUT2D eigenvalue weighted by atomic mass is 10.2. The van der Waals surface area contributed by atoms with Crippen LogP contribution in [0.15, 0.2) is 0 Å². The molecule has 0 amide bonds. The van der Waals surface area contributed by atoms with Gasteiger partial charge in [-0.05, 0) is 12.8 Å². The molecule has 2 N–H and O–H groups in total.